The van der Waals surface area contributed by atoms with Crippen LogP contribution in [0.3, 0.4) is 0 Å². The Bertz CT molecular complexity index is 913. The molecule has 1 aromatic carbocycles. The number of nitrogens with zero attached hydrogens (tertiary/aromatic N) is 2. The quantitative estimate of drug-likeness (QED) is 0.697. The molecule has 1 aliphatic rings. The second-order valence-electron chi connectivity index (χ2n) is 6.86. The van der Waals surface area contributed by atoms with Gasteiger partial charge in [-0.15, -0.1) is 0 Å². The Morgan fingerprint density at radius 3 is 2.79 bits per heavy atom. The predicted octanol–water partition coefficient (Wildman–Crippen LogP) is 0.702. The number of likely N-dealkylation sites (tertiary alicyclic amines) is 1. The van der Waals surface area contributed by atoms with Crippen LogP contribution in [0.2, 0.25) is 0 Å². The van der Waals surface area contributed by atoms with E-state index in [2.05, 4.69) is 15.3 Å². The number of amides is 2. The highest BCUT2D eigenvalue weighted by atomic mass is 19.1. The largest absolute Gasteiger partial charge is 0.369 e. The molecule has 1 saturated heterocycles. The molecule has 0 radical (unpaired) electrons. The summed E-state index contributed by atoms with van der Waals surface area (Å²) in [4.78, 5) is 44.2. The first-order chi connectivity index (χ1) is 13.4. The van der Waals surface area contributed by atoms with Gasteiger partial charge in [-0.1, -0.05) is 0 Å². The molecule has 148 valence electrons. The number of benzene rings is 1. The van der Waals surface area contributed by atoms with Gasteiger partial charge in [0.05, 0.1) is 12.1 Å². The number of nitrogens with two attached hydrogens (primary N) is 1. The van der Waals surface area contributed by atoms with Gasteiger partial charge in [0.25, 0.3) is 11.5 Å². The zero-order valence-corrected chi connectivity index (χ0v) is 15.3. The molecule has 28 heavy (non-hydrogen) atoms. The van der Waals surface area contributed by atoms with E-state index < -0.39 is 11.4 Å². The van der Waals surface area contributed by atoms with E-state index in [1.807, 2.05) is 0 Å². The Hall–Kier alpha value is -3.23. The summed E-state index contributed by atoms with van der Waals surface area (Å²) >= 11 is 0. The average molecular weight is 387 g/mol. The van der Waals surface area contributed by atoms with Crippen LogP contribution in [0, 0.1) is 11.7 Å². The molecule has 0 aliphatic carbocycles. The van der Waals surface area contributed by atoms with E-state index in [-0.39, 0.29) is 30.1 Å². The lowest BCUT2D eigenvalue weighted by molar-refractivity contribution is -0.132. The third-order valence-electron chi connectivity index (χ3n) is 4.67. The van der Waals surface area contributed by atoms with Crippen LogP contribution in [0.15, 0.2) is 35.1 Å². The van der Waals surface area contributed by atoms with E-state index in [4.69, 9.17) is 5.73 Å². The fourth-order valence-corrected chi connectivity index (χ4v) is 3.28. The molecule has 2 aromatic rings. The number of carbonyl (C=O) groups is 2. The number of nitrogen functional groups attached to an aromatic ring is 1. The van der Waals surface area contributed by atoms with E-state index >= 15 is 0 Å². The fraction of sp³-hybridized carbons (Fsp3) is 0.368. The maximum atomic E-state index is 12.9. The van der Waals surface area contributed by atoms with Crippen molar-refractivity contribution in [3.05, 3.63) is 57.8 Å². The van der Waals surface area contributed by atoms with Crippen molar-refractivity contribution in [2.24, 2.45) is 5.92 Å². The molecule has 1 fully saturated rings. The number of halogens is 1. The highest BCUT2D eigenvalue weighted by molar-refractivity contribution is 5.94. The average Bonchev–Trinajstić information content (AvgIpc) is 2.66. The van der Waals surface area contributed by atoms with Gasteiger partial charge in [0.15, 0.2) is 0 Å². The van der Waals surface area contributed by atoms with Crippen LogP contribution in [0.25, 0.3) is 0 Å². The molecule has 2 amide bonds. The standard InChI is InChI=1S/C19H22FN5O3/c20-14-5-3-13(4-6-14)18(28)22-10-12-2-1-7-25(11-12)17(27)9-15-8-16(26)24-19(21)23-15/h3-6,8,12H,1-2,7,9-11H2,(H,22,28)(H3,21,23,24,26)/t12-/m1/s1. The monoisotopic (exact) mass is 387 g/mol. The smallest absolute Gasteiger partial charge is 0.252 e. The summed E-state index contributed by atoms with van der Waals surface area (Å²) in [6, 6.07) is 6.61. The molecule has 4 N–H and O–H groups in total. The second kappa shape index (κ2) is 8.64. The minimum Gasteiger partial charge on any atom is -0.369 e. The minimum absolute atomic E-state index is 0.00276. The molecule has 0 bridgehead atoms. The van der Waals surface area contributed by atoms with E-state index in [0.29, 0.717) is 30.9 Å². The van der Waals surface area contributed by atoms with Gasteiger partial charge >= 0.3 is 0 Å². The van der Waals surface area contributed by atoms with Gasteiger partial charge in [0.2, 0.25) is 11.9 Å². The number of aromatic nitrogens is 2. The van der Waals surface area contributed by atoms with Crippen molar-refractivity contribution in [1.82, 2.24) is 20.2 Å². The van der Waals surface area contributed by atoms with E-state index in [1.54, 1.807) is 4.90 Å². The van der Waals surface area contributed by atoms with Crippen molar-refractivity contribution >= 4 is 17.8 Å². The molecule has 8 nitrogen and oxygen atoms in total. The Balaban J connectivity index is 1.53. The van der Waals surface area contributed by atoms with Crippen LogP contribution in [0.5, 0.6) is 0 Å². The van der Waals surface area contributed by atoms with Gasteiger partial charge in [0, 0.05) is 31.3 Å². The van der Waals surface area contributed by atoms with Crippen molar-refractivity contribution in [2.75, 3.05) is 25.4 Å². The van der Waals surface area contributed by atoms with E-state index in [9.17, 15) is 18.8 Å². The molecule has 0 unspecified atom stereocenters. The molecule has 0 spiro atoms. The summed E-state index contributed by atoms with van der Waals surface area (Å²) in [7, 11) is 0. The maximum Gasteiger partial charge on any atom is 0.252 e. The molecule has 3 rings (SSSR count). The Morgan fingerprint density at radius 2 is 2.07 bits per heavy atom. The first kappa shape index (κ1) is 19.5. The Morgan fingerprint density at radius 1 is 1.32 bits per heavy atom. The third kappa shape index (κ3) is 5.15. The van der Waals surface area contributed by atoms with Gasteiger partial charge in [-0.25, -0.2) is 9.37 Å². The van der Waals surface area contributed by atoms with Gasteiger partial charge in [-0.05, 0) is 43.0 Å². The number of nitrogens with one attached hydrogen (secondary N) is 2. The molecule has 1 aliphatic heterocycles. The number of carbonyl (C=O) groups excluding carboxylic acids is 2. The highest BCUT2D eigenvalue weighted by Gasteiger charge is 2.24. The first-order valence-corrected chi connectivity index (χ1v) is 9.08. The summed E-state index contributed by atoms with van der Waals surface area (Å²) in [5.74, 6) is -0.692. The number of hydrogen-bond donors (Lipinski definition) is 3. The topological polar surface area (TPSA) is 121 Å². The summed E-state index contributed by atoms with van der Waals surface area (Å²) in [5, 5.41) is 2.84. The summed E-state index contributed by atoms with van der Waals surface area (Å²) in [6.07, 6.45) is 1.72. The van der Waals surface area contributed by atoms with E-state index in [1.165, 1.54) is 30.3 Å². The van der Waals surface area contributed by atoms with Crippen LogP contribution >= 0.6 is 0 Å². The lowest BCUT2D eigenvalue weighted by atomic mass is 9.97. The minimum atomic E-state index is -0.394. The third-order valence-corrected chi connectivity index (χ3v) is 4.67. The van der Waals surface area contributed by atoms with Crippen molar-refractivity contribution in [3.63, 3.8) is 0 Å². The van der Waals surface area contributed by atoms with E-state index in [0.717, 1.165) is 12.8 Å². The molecular weight excluding hydrogens is 365 g/mol. The zero-order chi connectivity index (χ0) is 20.1. The van der Waals surface area contributed by atoms with Gasteiger partial charge in [-0.3, -0.25) is 19.4 Å². The number of H-pyrrole nitrogens is 1. The summed E-state index contributed by atoms with van der Waals surface area (Å²) in [6.45, 7) is 1.57. The number of aromatic amines is 1. The molecule has 0 saturated carbocycles. The first-order valence-electron chi connectivity index (χ1n) is 9.08. The van der Waals surface area contributed by atoms with Crippen molar-refractivity contribution < 1.29 is 14.0 Å². The summed E-state index contributed by atoms with van der Waals surface area (Å²) < 4.78 is 12.9. The molecule has 1 aromatic heterocycles. The molecule has 1 atom stereocenters. The molecular formula is C19H22FN5O3. The highest BCUT2D eigenvalue weighted by Crippen LogP contribution is 2.17. The second-order valence-corrected chi connectivity index (χ2v) is 6.86. The van der Waals surface area contributed by atoms with Gasteiger partial charge in [0.1, 0.15) is 5.82 Å². The van der Waals surface area contributed by atoms with Crippen LogP contribution in [0.4, 0.5) is 10.3 Å². The van der Waals surface area contributed by atoms with Crippen LogP contribution in [-0.2, 0) is 11.2 Å². The lowest BCUT2D eigenvalue weighted by Crippen LogP contribution is -2.44. The number of rotatable bonds is 5. The Kier molecular flexibility index (Phi) is 6.03. The Labute approximate surface area is 161 Å². The lowest BCUT2D eigenvalue weighted by Gasteiger charge is -2.33. The van der Waals surface area contributed by atoms with Crippen LogP contribution < -0.4 is 16.6 Å². The summed E-state index contributed by atoms with van der Waals surface area (Å²) in [5.41, 5.74) is 5.84. The van der Waals surface area contributed by atoms with Crippen molar-refractivity contribution in [1.29, 1.82) is 0 Å². The number of hydrogen-bond acceptors (Lipinski definition) is 5. The molecule has 9 heteroatoms. The van der Waals surface area contributed by atoms with Crippen LogP contribution in [0.1, 0.15) is 28.9 Å². The normalized spacial score (nSPS) is 16.6. The number of anilines is 1. The maximum absolute atomic E-state index is 12.9. The fourth-order valence-electron chi connectivity index (χ4n) is 3.28. The van der Waals surface area contributed by atoms with Crippen molar-refractivity contribution in [3.8, 4) is 0 Å². The predicted molar refractivity (Wildman–Crippen MR) is 101 cm³/mol. The SMILES string of the molecule is Nc1nc(CC(=O)N2CCC[C@H](CNC(=O)c3ccc(F)cc3)C2)cc(=O)[nH]1. The van der Waals surface area contributed by atoms with Gasteiger partial charge in [-0.2, -0.15) is 0 Å². The van der Waals surface area contributed by atoms with Gasteiger partial charge < -0.3 is 16.0 Å². The zero-order valence-electron chi connectivity index (χ0n) is 15.3. The van der Waals surface area contributed by atoms with Crippen molar-refractivity contribution in [2.45, 2.75) is 19.3 Å². The molecule has 2 heterocycles. The van der Waals surface area contributed by atoms with Crippen LogP contribution in [-0.4, -0.2) is 46.3 Å². The number of piperidine rings is 1.